The van der Waals surface area contributed by atoms with Crippen LogP contribution < -0.4 is 10.1 Å². The van der Waals surface area contributed by atoms with E-state index in [4.69, 9.17) is 9.47 Å². The third-order valence-corrected chi connectivity index (χ3v) is 6.55. The topological polar surface area (TPSA) is 84.9 Å². The van der Waals surface area contributed by atoms with E-state index in [0.29, 0.717) is 24.7 Å². The second kappa shape index (κ2) is 9.71. The minimum atomic E-state index is -0.841. The Kier molecular flexibility index (Phi) is 7.23. The third kappa shape index (κ3) is 5.20. The third-order valence-electron chi connectivity index (χ3n) is 6.55. The molecule has 31 heavy (non-hydrogen) atoms. The Morgan fingerprint density at radius 3 is 2.55 bits per heavy atom. The summed E-state index contributed by atoms with van der Waals surface area (Å²) in [4.78, 5) is 38.4. The summed E-state index contributed by atoms with van der Waals surface area (Å²) < 4.78 is 10.8. The van der Waals surface area contributed by atoms with E-state index in [1.165, 1.54) is 5.56 Å². The van der Waals surface area contributed by atoms with Crippen molar-refractivity contribution in [1.82, 2.24) is 10.2 Å². The number of hydrogen-bond donors (Lipinski definition) is 1. The molecule has 3 amide bonds. The van der Waals surface area contributed by atoms with E-state index >= 15 is 0 Å². The highest BCUT2D eigenvalue weighted by atomic mass is 16.6. The number of ether oxygens (including phenoxy) is 2. The largest absolute Gasteiger partial charge is 0.490 e. The number of esters is 1. The van der Waals surface area contributed by atoms with Crippen LogP contribution in [0.1, 0.15) is 69.9 Å². The monoisotopic (exact) mass is 430 g/mol. The Morgan fingerprint density at radius 2 is 1.94 bits per heavy atom. The first kappa shape index (κ1) is 23.1. The summed E-state index contributed by atoms with van der Waals surface area (Å²) in [5.74, 6) is 0.844. The molecule has 0 bridgehead atoms. The lowest BCUT2D eigenvalue weighted by atomic mass is 9.75. The molecule has 7 heteroatoms. The molecule has 1 N–H and O–H groups in total. The van der Waals surface area contributed by atoms with Crippen molar-refractivity contribution >= 4 is 17.9 Å². The van der Waals surface area contributed by atoms with Crippen molar-refractivity contribution in [1.29, 1.82) is 0 Å². The minimum absolute atomic E-state index is 0.0524. The van der Waals surface area contributed by atoms with Gasteiger partial charge in [-0.3, -0.25) is 14.5 Å². The van der Waals surface area contributed by atoms with Gasteiger partial charge in [-0.15, -0.1) is 0 Å². The number of rotatable bonds is 8. The summed E-state index contributed by atoms with van der Waals surface area (Å²) in [5.41, 5.74) is 1.59. The Morgan fingerprint density at radius 1 is 1.23 bits per heavy atom. The van der Waals surface area contributed by atoms with Gasteiger partial charge in [0.25, 0.3) is 5.91 Å². The van der Waals surface area contributed by atoms with Gasteiger partial charge >= 0.3 is 12.0 Å². The first-order valence-electron chi connectivity index (χ1n) is 11.3. The van der Waals surface area contributed by atoms with Gasteiger partial charge in [-0.1, -0.05) is 33.3 Å². The van der Waals surface area contributed by atoms with Crippen LogP contribution in [0.3, 0.4) is 0 Å². The van der Waals surface area contributed by atoms with E-state index in [2.05, 4.69) is 26.1 Å². The number of amides is 3. The molecule has 1 saturated heterocycles. The highest BCUT2D eigenvalue weighted by Gasteiger charge is 2.52. The van der Waals surface area contributed by atoms with Crippen molar-refractivity contribution in [3.63, 3.8) is 0 Å². The van der Waals surface area contributed by atoms with Gasteiger partial charge in [0.15, 0.2) is 0 Å². The summed E-state index contributed by atoms with van der Waals surface area (Å²) in [7, 11) is 0. The molecule has 1 saturated carbocycles. The van der Waals surface area contributed by atoms with Gasteiger partial charge in [-0.2, -0.15) is 0 Å². The molecule has 0 aromatic heterocycles. The average molecular weight is 431 g/mol. The van der Waals surface area contributed by atoms with E-state index in [-0.39, 0.29) is 25.7 Å². The first-order chi connectivity index (χ1) is 14.8. The Balaban J connectivity index is 1.44. The van der Waals surface area contributed by atoms with Gasteiger partial charge in [0.05, 0.1) is 0 Å². The summed E-state index contributed by atoms with van der Waals surface area (Å²) >= 11 is 0. The zero-order valence-electron chi connectivity index (χ0n) is 19.0. The summed E-state index contributed by atoms with van der Waals surface area (Å²) in [6.45, 7) is 8.36. The SMILES string of the molecule is CCC1CCC2(CC1)NC(=O)N(CC(=O)OCCOc1ccc(C(C)C)c(C)c1)C2=O. The molecule has 170 valence electrons. The molecule has 0 atom stereocenters. The Hall–Kier alpha value is -2.57. The highest BCUT2D eigenvalue weighted by Crippen LogP contribution is 2.37. The van der Waals surface area contributed by atoms with Gasteiger partial charge in [0, 0.05) is 0 Å². The standard InChI is InChI=1S/C24H34N2O5/c1-5-18-8-10-24(11-9-18)22(28)26(23(29)25-24)15-21(27)31-13-12-30-19-6-7-20(16(2)3)17(4)14-19/h6-7,14,16,18H,5,8-13,15H2,1-4H3,(H,25,29). The Labute approximate surface area is 184 Å². The van der Waals surface area contributed by atoms with Crippen molar-refractivity contribution in [2.45, 2.75) is 71.3 Å². The highest BCUT2D eigenvalue weighted by molar-refractivity contribution is 6.08. The van der Waals surface area contributed by atoms with Crippen LogP contribution in [-0.4, -0.2) is 48.1 Å². The number of aryl methyl sites for hydroxylation is 1. The molecule has 3 rings (SSSR count). The van der Waals surface area contributed by atoms with E-state index in [9.17, 15) is 14.4 Å². The van der Waals surface area contributed by atoms with Crippen molar-refractivity contribution in [3.8, 4) is 5.75 Å². The lowest BCUT2D eigenvalue weighted by Crippen LogP contribution is -2.49. The van der Waals surface area contributed by atoms with E-state index < -0.39 is 17.5 Å². The lowest BCUT2D eigenvalue weighted by Gasteiger charge is -2.34. The normalized spacial score (nSPS) is 23.4. The van der Waals surface area contributed by atoms with Gasteiger partial charge in [-0.25, -0.2) is 4.79 Å². The van der Waals surface area contributed by atoms with Gasteiger partial charge in [-0.05, 0) is 67.7 Å². The molecule has 1 aliphatic heterocycles. The van der Waals surface area contributed by atoms with E-state index in [1.54, 1.807) is 0 Å². The van der Waals surface area contributed by atoms with Crippen molar-refractivity contribution in [2.24, 2.45) is 5.92 Å². The van der Waals surface area contributed by atoms with Gasteiger partial charge < -0.3 is 14.8 Å². The maximum Gasteiger partial charge on any atom is 0.326 e. The molecule has 2 aliphatic rings. The van der Waals surface area contributed by atoms with Gasteiger partial charge in [0.1, 0.15) is 31.0 Å². The molecule has 2 fully saturated rings. The first-order valence-corrected chi connectivity index (χ1v) is 11.3. The van der Waals surface area contributed by atoms with Crippen LogP contribution in [0.4, 0.5) is 4.79 Å². The number of urea groups is 1. The van der Waals surface area contributed by atoms with Crippen LogP contribution in [0.2, 0.25) is 0 Å². The molecular weight excluding hydrogens is 396 g/mol. The molecule has 0 radical (unpaired) electrons. The Bertz CT molecular complexity index is 827. The maximum atomic E-state index is 12.9. The fourth-order valence-electron chi connectivity index (χ4n) is 4.61. The average Bonchev–Trinajstić information content (AvgIpc) is 2.95. The molecule has 0 unspecified atom stereocenters. The summed E-state index contributed by atoms with van der Waals surface area (Å²) in [6, 6.07) is 5.41. The van der Waals surface area contributed by atoms with Crippen molar-refractivity contribution < 1.29 is 23.9 Å². The lowest BCUT2D eigenvalue weighted by molar-refractivity contribution is -0.148. The molecule has 1 aromatic carbocycles. The molecule has 1 heterocycles. The zero-order valence-corrected chi connectivity index (χ0v) is 19.0. The van der Waals surface area contributed by atoms with Crippen LogP contribution >= 0.6 is 0 Å². The minimum Gasteiger partial charge on any atom is -0.490 e. The van der Waals surface area contributed by atoms with E-state index in [0.717, 1.165) is 35.5 Å². The van der Waals surface area contributed by atoms with Crippen LogP contribution in [-0.2, 0) is 14.3 Å². The number of hydrogen-bond acceptors (Lipinski definition) is 5. The molecule has 1 aromatic rings. The summed E-state index contributed by atoms with van der Waals surface area (Å²) in [6.07, 6.45) is 4.16. The van der Waals surface area contributed by atoms with Crippen LogP contribution in [0.5, 0.6) is 5.75 Å². The molecule has 1 aliphatic carbocycles. The van der Waals surface area contributed by atoms with Crippen molar-refractivity contribution in [2.75, 3.05) is 19.8 Å². The summed E-state index contributed by atoms with van der Waals surface area (Å²) in [5, 5.41) is 2.83. The maximum absolute atomic E-state index is 12.9. The molecular formula is C24H34N2O5. The van der Waals surface area contributed by atoms with Gasteiger partial charge in [0.2, 0.25) is 0 Å². The van der Waals surface area contributed by atoms with Crippen LogP contribution in [0.15, 0.2) is 18.2 Å². The predicted molar refractivity (Wildman–Crippen MR) is 117 cm³/mol. The van der Waals surface area contributed by atoms with Crippen LogP contribution in [0, 0.1) is 12.8 Å². The number of nitrogens with zero attached hydrogens (tertiary/aromatic N) is 1. The fraction of sp³-hybridized carbons (Fsp3) is 0.625. The number of carbonyl (C=O) groups is 3. The number of nitrogens with one attached hydrogen (secondary N) is 1. The second-order valence-electron chi connectivity index (χ2n) is 9.00. The zero-order chi connectivity index (χ0) is 22.6. The van der Waals surface area contributed by atoms with E-state index in [1.807, 2.05) is 25.1 Å². The number of carbonyl (C=O) groups excluding carboxylic acids is 3. The smallest absolute Gasteiger partial charge is 0.326 e. The number of benzene rings is 1. The molecule has 7 nitrogen and oxygen atoms in total. The molecule has 1 spiro atoms. The predicted octanol–water partition coefficient (Wildman–Crippen LogP) is 3.93. The van der Waals surface area contributed by atoms with Crippen molar-refractivity contribution in [3.05, 3.63) is 29.3 Å². The quantitative estimate of drug-likeness (QED) is 0.384. The fourth-order valence-corrected chi connectivity index (χ4v) is 4.61. The second-order valence-corrected chi connectivity index (χ2v) is 9.00. The van der Waals surface area contributed by atoms with Crippen LogP contribution in [0.25, 0.3) is 0 Å². The number of imide groups is 1.